The van der Waals surface area contributed by atoms with Gasteiger partial charge in [-0.3, -0.25) is 4.79 Å². The summed E-state index contributed by atoms with van der Waals surface area (Å²) in [5, 5.41) is 2.44. The van der Waals surface area contributed by atoms with Gasteiger partial charge in [-0.05, 0) is 33.5 Å². The maximum absolute atomic E-state index is 13.0. The second kappa shape index (κ2) is 6.14. The van der Waals surface area contributed by atoms with E-state index in [0.717, 1.165) is 11.1 Å². The molecule has 0 radical (unpaired) electrons. The van der Waals surface area contributed by atoms with Crippen molar-refractivity contribution >= 4 is 16.7 Å². The first-order chi connectivity index (χ1) is 14.7. The van der Waals surface area contributed by atoms with Gasteiger partial charge in [-0.15, -0.1) is 0 Å². The molecule has 3 aromatic carbocycles. The molecule has 3 aliphatic carbocycles. The fourth-order valence-electron chi connectivity index (χ4n) is 6.09. The number of rotatable bonds is 3. The van der Waals surface area contributed by atoms with Crippen molar-refractivity contribution in [1.29, 1.82) is 0 Å². The van der Waals surface area contributed by atoms with E-state index in [4.69, 9.17) is 18.9 Å². The van der Waals surface area contributed by atoms with Gasteiger partial charge in [-0.1, -0.05) is 36.4 Å². The van der Waals surface area contributed by atoms with Crippen molar-refractivity contribution in [2.45, 2.75) is 11.8 Å². The highest BCUT2D eigenvalue weighted by Crippen LogP contribution is 2.63. The Kier molecular flexibility index (Phi) is 3.61. The summed E-state index contributed by atoms with van der Waals surface area (Å²) < 4.78 is 22.9. The highest BCUT2D eigenvalue weighted by Gasteiger charge is 2.56. The van der Waals surface area contributed by atoms with Gasteiger partial charge < -0.3 is 18.9 Å². The van der Waals surface area contributed by atoms with Crippen molar-refractivity contribution < 1.29 is 23.7 Å². The number of cyclic esters (lactones) is 1. The molecule has 1 saturated heterocycles. The zero-order valence-electron chi connectivity index (χ0n) is 17.1. The lowest BCUT2D eigenvalue weighted by molar-refractivity contribution is -0.141. The lowest BCUT2D eigenvalue weighted by Gasteiger charge is -2.37. The zero-order valence-corrected chi connectivity index (χ0v) is 17.1. The van der Waals surface area contributed by atoms with Gasteiger partial charge in [0.1, 0.15) is 0 Å². The van der Waals surface area contributed by atoms with Crippen LogP contribution in [0.5, 0.6) is 17.2 Å². The highest BCUT2D eigenvalue weighted by atomic mass is 16.5. The fourth-order valence-corrected chi connectivity index (χ4v) is 6.09. The number of hydrogen-bond donors (Lipinski definition) is 0. The molecule has 1 fully saturated rings. The van der Waals surface area contributed by atoms with Crippen LogP contribution in [0.1, 0.15) is 34.1 Å². The second-order valence-corrected chi connectivity index (χ2v) is 8.22. The van der Waals surface area contributed by atoms with Gasteiger partial charge in [0.15, 0.2) is 11.5 Å². The van der Waals surface area contributed by atoms with Crippen LogP contribution in [-0.2, 0) is 9.53 Å². The molecule has 0 N–H and O–H groups in total. The molecule has 5 nitrogen and oxygen atoms in total. The third-order valence-corrected chi connectivity index (χ3v) is 7.12. The molecule has 2 bridgehead atoms. The maximum atomic E-state index is 13.0. The molecule has 30 heavy (non-hydrogen) atoms. The molecular formula is C25H22O5. The fraction of sp³-hybridized carbons (Fsp3) is 0.320. The van der Waals surface area contributed by atoms with E-state index in [9.17, 15) is 4.79 Å². The number of ether oxygens (including phenoxy) is 4. The van der Waals surface area contributed by atoms with E-state index in [0.29, 0.717) is 23.9 Å². The van der Waals surface area contributed by atoms with Crippen molar-refractivity contribution in [3.8, 4) is 17.2 Å². The van der Waals surface area contributed by atoms with Crippen molar-refractivity contribution in [3.05, 3.63) is 64.7 Å². The molecule has 0 spiro atoms. The van der Waals surface area contributed by atoms with Gasteiger partial charge in [-0.2, -0.15) is 0 Å². The first-order valence-electron chi connectivity index (χ1n) is 10.2. The van der Waals surface area contributed by atoms with Crippen LogP contribution in [0, 0.1) is 11.8 Å². The summed E-state index contributed by atoms with van der Waals surface area (Å²) in [5.74, 6) is 1.48. The van der Waals surface area contributed by atoms with Crippen molar-refractivity contribution in [2.24, 2.45) is 11.8 Å². The van der Waals surface area contributed by atoms with Crippen LogP contribution in [0.3, 0.4) is 0 Å². The van der Waals surface area contributed by atoms with Gasteiger partial charge in [0.05, 0.1) is 33.9 Å². The number of benzene rings is 3. The summed E-state index contributed by atoms with van der Waals surface area (Å²) in [6.45, 7) is 0.423. The summed E-state index contributed by atoms with van der Waals surface area (Å²) in [5.41, 5.74) is 4.55. The Morgan fingerprint density at radius 1 is 0.867 bits per heavy atom. The number of hydrogen-bond acceptors (Lipinski definition) is 5. The number of methoxy groups -OCH3 is 3. The van der Waals surface area contributed by atoms with Crippen LogP contribution in [0.25, 0.3) is 10.8 Å². The van der Waals surface area contributed by atoms with Crippen LogP contribution in [0.15, 0.2) is 42.5 Å². The predicted molar refractivity (Wildman–Crippen MR) is 112 cm³/mol. The van der Waals surface area contributed by atoms with Crippen molar-refractivity contribution in [3.63, 3.8) is 0 Å². The third kappa shape index (κ3) is 2.00. The molecular weight excluding hydrogens is 380 g/mol. The number of carbonyl (C=O) groups excluding carboxylic acids is 1. The average Bonchev–Trinajstić information content (AvgIpc) is 3.05. The van der Waals surface area contributed by atoms with Gasteiger partial charge in [-0.25, -0.2) is 0 Å². The quantitative estimate of drug-likeness (QED) is 0.613. The summed E-state index contributed by atoms with van der Waals surface area (Å²) >= 11 is 0. The molecule has 4 atom stereocenters. The molecule has 0 saturated carbocycles. The topological polar surface area (TPSA) is 54.0 Å². The molecule has 7 rings (SSSR count). The Labute approximate surface area is 174 Å². The minimum Gasteiger partial charge on any atom is -0.493 e. The molecule has 1 heterocycles. The van der Waals surface area contributed by atoms with Crippen molar-refractivity contribution in [2.75, 3.05) is 27.9 Å². The summed E-state index contributed by atoms with van der Waals surface area (Å²) in [7, 11) is 4.92. The normalized spacial score (nSPS) is 25.4. The Hall–Kier alpha value is -3.21. The molecule has 5 heteroatoms. The molecule has 0 unspecified atom stereocenters. The van der Waals surface area contributed by atoms with E-state index in [1.54, 1.807) is 21.3 Å². The maximum Gasteiger partial charge on any atom is 0.310 e. The molecule has 0 amide bonds. The van der Waals surface area contributed by atoms with Crippen LogP contribution < -0.4 is 14.2 Å². The number of carbonyl (C=O) groups is 1. The van der Waals surface area contributed by atoms with Gasteiger partial charge in [0.2, 0.25) is 5.75 Å². The smallest absolute Gasteiger partial charge is 0.310 e. The van der Waals surface area contributed by atoms with Gasteiger partial charge in [0.25, 0.3) is 0 Å². The van der Waals surface area contributed by atoms with E-state index in [1.165, 1.54) is 21.9 Å². The lowest BCUT2D eigenvalue weighted by atomic mass is 9.63. The summed E-state index contributed by atoms with van der Waals surface area (Å²) in [4.78, 5) is 13.0. The first kappa shape index (κ1) is 17.6. The Balaban J connectivity index is 1.80. The third-order valence-electron chi connectivity index (χ3n) is 7.12. The van der Waals surface area contributed by atoms with Crippen LogP contribution >= 0.6 is 0 Å². The monoisotopic (exact) mass is 402 g/mol. The molecule has 0 aromatic heterocycles. The van der Waals surface area contributed by atoms with E-state index < -0.39 is 0 Å². The summed E-state index contributed by atoms with van der Waals surface area (Å²) in [6.07, 6.45) is 0. The van der Waals surface area contributed by atoms with E-state index in [1.807, 2.05) is 6.07 Å². The SMILES string of the molecule is COc1cc2c(c(OC)c1OC)[C@H]1c3cccc4cccc(c34)[C@@H]2[C@H]2C(=O)OC[C@@H]12. The molecule has 1 aliphatic heterocycles. The number of esters is 1. The highest BCUT2D eigenvalue weighted by molar-refractivity contribution is 5.94. The van der Waals surface area contributed by atoms with Crippen LogP contribution in [-0.4, -0.2) is 33.9 Å². The van der Waals surface area contributed by atoms with Crippen molar-refractivity contribution in [1.82, 2.24) is 0 Å². The summed E-state index contributed by atoms with van der Waals surface area (Å²) in [6, 6.07) is 14.8. The van der Waals surface area contributed by atoms with Gasteiger partial charge >= 0.3 is 5.97 Å². The Morgan fingerprint density at radius 2 is 1.57 bits per heavy atom. The Bertz CT molecular complexity index is 1210. The van der Waals surface area contributed by atoms with E-state index in [2.05, 4.69) is 36.4 Å². The zero-order chi connectivity index (χ0) is 20.6. The average molecular weight is 402 g/mol. The largest absolute Gasteiger partial charge is 0.493 e. The standard InChI is InChI=1S/C25H22O5/c1-27-17-10-15-19-13-8-4-6-12-7-5-9-14(18(12)13)20(16-11-30-25(26)22(16)19)21(15)24(29-3)23(17)28-2/h4-10,16,19-20,22H,11H2,1-3H3/t16-,19-,20-,22-/m0/s1. The molecule has 3 aromatic rings. The predicted octanol–water partition coefficient (Wildman–Crippen LogP) is 4.25. The van der Waals surface area contributed by atoms with E-state index in [-0.39, 0.29) is 29.6 Å². The lowest BCUT2D eigenvalue weighted by Crippen LogP contribution is -2.33. The van der Waals surface area contributed by atoms with E-state index >= 15 is 0 Å². The molecule has 152 valence electrons. The van der Waals surface area contributed by atoms with Crippen LogP contribution in [0.2, 0.25) is 0 Å². The minimum atomic E-state index is -0.219. The van der Waals surface area contributed by atoms with Crippen LogP contribution in [0.4, 0.5) is 0 Å². The second-order valence-electron chi connectivity index (χ2n) is 8.22. The molecule has 4 aliphatic rings. The first-order valence-corrected chi connectivity index (χ1v) is 10.2. The van der Waals surface area contributed by atoms with Gasteiger partial charge in [0, 0.05) is 23.3 Å². The minimum absolute atomic E-state index is 0.0187. The Morgan fingerprint density at radius 3 is 2.23 bits per heavy atom.